The van der Waals surface area contributed by atoms with Gasteiger partial charge in [-0.25, -0.2) is 10.6 Å². The van der Waals surface area contributed by atoms with Gasteiger partial charge in [0.1, 0.15) is 6.04 Å². The monoisotopic (exact) mass is 171 g/mol. The maximum absolute atomic E-state index is 11.1. The first-order chi connectivity index (χ1) is 5.66. The summed E-state index contributed by atoms with van der Waals surface area (Å²) < 4.78 is 0. The molecule has 0 aliphatic carbocycles. The number of nitrogens with one attached hydrogen (secondary N) is 1. The number of hydrazine groups is 1. The lowest BCUT2D eigenvalue weighted by atomic mass is 10.1. The van der Waals surface area contributed by atoms with Gasteiger partial charge in [-0.3, -0.25) is 4.79 Å². The molecule has 12 heavy (non-hydrogen) atoms. The van der Waals surface area contributed by atoms with Gasteiger partial charge < -0.3 is 5.32 Å². The molecule has 1 fully saturated rings. The van der Waals surface area contributed by atoms with Crippen LogP contribution >= 0.6 is 0 Å². The molecule has 0 spiro atoms. The average Bonchev–Trinajstić information content (AvgIpc) is 2.30. The number of rotatable bonds is 3. The van der Waals surface area contributed by atoms with Crippen molar-refractivity contribution in [3.8, 4) is 0 Å². The second-order valence-corrected chi connectivity index (χ2v) is 2.85. The van der Waals surface area contributed by atoms with E-state index in [1.165, 1.54) is 0 Å². The molecule has 5 heteroatoms. The minimum Gasteiger partial charge on any atom is -0.325 e. The summed E-state index contributed by atoms with van der Waals surface area (Å²) in [6.07, 6.45) is 2.60. The predicted octanol–water partition coefficient (Wildman–Crippen LogP) is -0.0293. The molecule has 1 rings (SSSR count). The average molecular weight is 171 g/mol. The van der Waals surface area contributed by atoms with Crippen LogP contribution in [0.3, 0.4) is 0 Å². The van der Waals surface area contributed by atoms with Crippen molar-refractivity contribution in [3.05, 3.63) is 0 Å². The second-order valence-electron chi connectivity index (χ2n) is 2.85. The first kappa shape index (κ1) is 8.99. The number of hydrogen-bond acceptors (Lipinski definition) is 3. The van der Waals surface area contributed by atoms with Crippen molar-refractivity contribution in [2.45, 2.75) is 32.2 Å². The van der Waals surface area contributed by atoms with Crippen LogP contribution in [0.4, 0.5) is 4.79 Å². The Morgan fingerprint density at radius 3 is 2.67 bits per heavy atom. The van der Waals surface area contributed by atoms with Gasteiger partial charge in [0.05, 0.1) is 0 Å². The Morgan fingerprint density at radius 1 is 1.58 bits per heavy atom. The van der Waals surface area contributed by atoms with Crippen LogP contribution in [0.2, 0.25) is 0 Å². The van der Waals surface area contributed by atoms with Crippen LogP contribution in [-0.2, 0) is 4.79 Å². The van der Waals surface area contributed by atoms with E-state index in [4.69, 9.17) is 5.84 Å². The Labute approximate surface area is 70.9 Å². The molecule has 0 bridgehead atoms. The van der Waals surface area contributed by atoms with Gasteiger partial charge in [0.2, 0.25) is 0 Å². The van der Waals surface area contributed by atoms with Crippen LogP contribution in [-0.4, -0.2) is 23.0 Å². The maximum Gasteiger partial charge on any atom is 0.339 e. The quantitative estimate of drug-likeness (QED) is 0.355. The number of carbonyl (C=O) groups is 2. The molecule has 3 N–H and O–H groups in total. The molecule has 0 aromatic carbocycles. The first-order valence-electron chi connectivity index (χ1n) is 4.06. The van der Waals surface area contributed by atoms with Crippen molar-refractivity contribution >= 4 is 11.9 Å². The largest absolute Gasteiger partial charge is 0.339 e. The van der Waals surface area contributed by atoms with Gasteiger partial charge in [-0.1, -0.05) is 19.8 Å². The smallest absolute Gasteiger partial charge is 0.325 e. The molecule has 1 saturated heterocycles. The van der Waals surface area contributed by atoms with E-state index in [1.807, 2.05) is 6.92 Å². The third-order valence-electron chi connectivity index (χ3n) is 1.90. The standard InChI is InChI=1S/C7H13N3O2/c1-2-3-4-5-6(11)10(8)7(12)9-5/h5H,2-4,8H2,1H3,(H,9,12). The van der Waals surface area contributed by atoms with Crippen LogP contribution in [0.15, 0.2) is 0 Å². The van der Waals surface area contributed by atoms with E-state index in [2.05, 4.69) is 5.32 Å². The van der Waals surface area contributed by atoms with E-state index in [0.29, 0.717) is 11.4 Å². The van der Waals surface area contributed by atoms with E-state index in [-0.39, 0.29) is 5.91 Å². The third-order valence-corrected chi connectivity index (χ3v) is 1.90. The molecule has 68 valence electrons. The summed E-state index contributed by atoms with van der Waals surface area (Å²) in [6.45, 7) is 2.03. The number of nitrogens with two attached hydrogens (primary N) is 1. The van der Waals surface area contributed by atoms with E-state index in [1.54, 1.807) is 0 Å². The Kier molecular flexibility index (Phi) is 2.65. The van der Waals surface area contributed by atoms with Crippen LogP contribution in [0, 0.1) is 0 Å². The number of unbranched alkanes of at least 4 members (excludes halogenated alkanes) is 1. The Bertz CT molecular complexity index is 205. The van der Waals surface area contributed by atoms with Crippen LogP contribution in [0.25, 0.3) is 0 Å². The van der Waals surface area contributed by atoms with Gasteiger partial charge in [-0.15, -0.1) is 0 Å². The van der Waals surface area contributed by atoms with E-state index in [9.17, 15) is 9.59 Å². The van der Waals surface area contributed by atoms with Gasteiger partial charge in [0.25, 0.3) is 5.91 Å². The Balaban J connectivity index is 2.47. The summed E-state index contributed by atoms with van der Waals surface area (Å²) >= 11 is 0. The molecule has 1 aliphatic rings. The molecule has 5 nitrogen and oxygen atoms in total. The molecular weight excluding hydrogens is 158 g/mol. The van der Waals surface area contributed by atoms with Gasteiger partial charge in [-0.05, 0) is 6.42 Å². The molecule has 3 amide bonds. The Morgan fingerprint density at radius 2 is 2.25 bits per heavy atom. The zero-order chi connectivity index (χ0) is 9.14. The highest BCUT2D eigenvalue weighted by Gasteiger charge is 2.35. The van der Waals surface area contributed by atoms with Crippen LogP contribution < -0.4 is 11.2 Å². The summed E-state index contributed by atoms with van der Waals surface area (Å²) in [5.74, 6) is 4.83. The lowest BCUT2D eigenvalue weighted by Crippen LogP contribution is -2.37. The minimum atomic E-state index is -0.499. The number of hydrogen-bond donors (Lipinski definition) is 2. The van der Waals surface area contributed by atoms with Crippen LogP contribution in [0.1, 0.15) is 26.2 Å². The number of amides is 3. The van der Waals surface area contributed by atoms with Crippen molar-refractivity contribution in [2.24, 2.45) is 5.84 Å². The highest BCUT2D eigenvalue weighted by Crippen LogP contribution is 2.08. The third kappa shape index (κ3) is 1.55. The lowest BCUT2D eigenvalue weighted by Gasteiger charge is -2.05. The molecule has 0 aromatic rings. The summed E-state index contributed by atoms with van der Waals surface area (Å²) in [4.78, 5) is 22.0. The second kappa shape index (κ2) is 3.53. The van der Waals surface area contributed by atoms with Crippen molar-refractivity contribution in [3.63, 3.8) is 0 Å². The summed E-state index contributed by atoms with van der Waals surface area (Å²) in [6, 6.07) is -0.899. The van der Waals surface area contributed by atoms with Gasteiger partial charge in [0.15, 0.2) is 0 Å². The Hall–Kier alpha value is -1.10. The molecular formula is C7H13N3O2. The van der Waals surface area contributed by atoms with Crippen molar-refractivity contribution in [2.75, 3.05) is 0 Å². The lowest BCUT2D eigenvalue weighted by molar-refractivity contribution is -0.127. The topological polar surface area (TPSA) is 75.4 Å². The van der Waals surface area contributed by atoms with Crippen molar-refractivity contribution in [1.82, 2.24) is 10.3 Å². The summed E-state index contributed by atoms with van der Waals surface area (Å²) in [5, 5.41) is 3.14. The predicted molar refractivity (Wildman–Crippen MR) is 42.9 cm³/mol. The number of imide groups is 1. The fourth-order valence-corrected chi connectivity index (χ4v) is 1.15. The first-order valence-corrected chi connectivity index (χ1v) is 4.06. The molecule has 1 heterocycles. The fourth-order valence-electron chi connectivity index (χ4n) is 1.15. The maximum atomic E-state index is 11.1. The van der Waals surface area contributed by atoms with E-state index < -0.39 is 12.1 Å². The van der Waals surface area contributed by atoms with E-state index >= 15 is 0 Å². The van der Waals surface area contributed by atoms with Crippen LogP contribution in [0.5, 0.6) is 0 Å². The summed E-state index contributed by atoms with van der Waals surface area (Å²) in [5.41, 5.74) is 0. The SMILES string of the molecule is CCCCC1NC(=O)N(N)C1=O. The molecule has 0 radical (unpaired) electrons. The zero-order valence-electron chi connectivity index (χ0n) is 7.04. The molecule has 1 atom stereocenters. The molecule has 1 unspecified atom stereocenters. The highest BCUT2D eigenvalue weighted by atomic mass is 16.2. The molecule has 0 aromatic heterocycles. The van der Waals surface area contributed by atoms with Crippen molar-refractivity contribution < 1.29 is 9.59 Å². The summed E-state index contributed by atoms with van der Waals surface area (Å²) in [7, 11) is 0. The number of nitrogens with zero attached hydrogens (tertiary/aromatic N) is 1. The van der Waals surface area contributed by atoms with Gasteiger partial charge in [-0.2, -0.15) is 5.01 Å². The van der Waals surface area contributed by atoms with Gasteiger partial charge >= 0.3 is 6.03 Å². The molecule has 1 aliphatic heterocycles. The fraction of sp³-hybridized carbons (Fsp3) is 0.714. The number of urea groups is 1. The van der Waals surface area contributed by atoms with E-state index in [0.717, 1.165) is 12.8 Å². The van der Waals surface area contributed by atoms with Gasteiger partial charge in [0, 0.05) is 0 Å². The highest BCUT2D eigenvalue weighted by molar-refractivity contribution is 6.03. The normalized spacial score (nSPS) is 23.2. The number of carbonyl (C=O) groups excluding carboxylic acids is 2. The minimum absolute atomic E-state index is 0.326. The van der Waals surface area contributed by atoms with Crippen molar-refractivity contribution in [1.29, 1.82) is 0 Å². The molecule has 0 saturated carbocycles. The zero-order valence-corrected chi connectivity index (χ0v) is 7.04.